The molecule has 0 aliphatic carbocycles. The van der Waals surface area contributed by atoms with Gasteiger partial charge in [0.05, 0.1) is 18.2 Å². The first-order chi connectivity index (χ1) is 12.4. The van der Waals surface area contributed by atoms with Crippen molar-refractivity contribution >= 4 is 23.5 Å². The first-order valence-electron chi connectivity index (χ1n) is 8.23. The zero-order chi connectivity index (χ0) is 18.7. The second-order valence-corrected chi connectivity index (χ2v) is 6.73. The molecule has 1 fully saturated rings. The van der Waals surface area contributed by atoms with Gasteiger partial charge in [0.25, 0.3) is 0 Å². The number of aryl methyl sites for hydroxylation is 1. The van der Waals surface area contributed by atoms with E-state index >= 15 is 0 Å². The highest BCUT2D eigenvalue weighted by molar-refractivity contribution is 6.30. The van der Waals surface area contributed by atoms with E-state index in [4.69, 9.17) is 20.9 Å². The molecule has 0 saturated carbocycles. The first-order valence-corrected chi connectivity index (χ1v) is 8.61. The minimum Gasteiger partial charge on any atom is -0.459 e. The van der Waals surface area contributed by atoms with E-state index in [1.54, 1.807) is 37.3 Å². The highest BCUT2D eigenvalue weighted by atomic mass is 35.5. The number of hydrogen-bond donors (Lipinski definition) is 1. The molecule has 2 aromatic rings. The molecule has 1 aliphatic heterocycles. The van der Waals surface area contributed by atoms with Crippen LogP contribution in [0, 0.1) is 6.92 Å². The lowest BCUT2D eigenvalue weighted by Crippen LogP contribution is -2.42. The topological polar surface area (TPSA) is 92.9 Å². The normalized spacial score (nSPS) is 19.6. The van der Waals surface area contributed by atoms with Crippen LogP contribution in [-0.2, 0) is 27.4 Å². The van der Waals surface area contributed by atoms with Crippen molar-refractivity contribution in [3.05, 3.63) is 52.4 Å². The third-order valence-corrected chi connectivity index (χ3v) is 4.42. The number of carbonyl (C=O) groups excluding carboxylic acids is 2. The van der Waals surface area contributed by atoms with Crippen molar-refractivity contribution in [2.75, 3.05) is 6.54 Å². The lowest BCUT2D eigenvalue weighted by atomic mass is 10.2. The Balaban J connectivity index is 1.61. The maximum atomic E-state index is 12.5. The van der Waals surface area contributed by atoms with Crippen LogP contribution in [-0.4, -0.2) is 45.7 Å². The lowest BCUT2D eigenvalue weighted by molar-refractivity contribution is -0.154. The Kier molecular flexibility index (Phi) is 5.58. The summed E-state index contributed by atoms with van der Waals surface area (Å²) in [4.78, 5) is 26.3. The summed E-state index contributed by atoms with van der Waals surface area (Å²) in [5.74, 6) is -0.438. The van der Waals surface area contributed by atoms with Gasteiger partial charge in [-0.05, 0) is 24.6 Å². The van der Waals surface area contributed by atoms with Gasteiger partial charge in [0.2, 0.25) is 5.91 Å². The third kappa shape index (κ3) is 4.42. The van der Waals surface area contributed by atoms with Crippen molar-refractivity contribution in [1.29, 1.82) is 0 Å². The average Bonchev–Trinajstić information content (AvgIpc) is 3.19. The zero-order valence-electron chi connectivity index (χ0n) is 14.2. The Hall–Kier alpha value is -2.38. The van der Waals surface area contributed by atoms with Crippen molar-refractivity contribution in [2.24, 2.45) is 0 Å². The first kappa shape index (κ1) is 18.4. The van der Waals surface area contributed by atoms with E-state index in [0.717, 1.165) is 5.56 Å². The second kappa shape index (κ2) is 7.88. The summed E-state index contributed by atoms with van der Waals surface area (Å²) in [5, 5.41) is 14.2. The zero-order valence-corrected chi connectivity index (χ0v) is 15.0. The molecule has 0 radical (unpaired) electrons. The number of β-amino-alcohol motifs (C(OH)–C–C–N with tert-alkyl or cyclic N) is 1. The average molecular weight is 379 g/mol. The molecule has 138 valence electrons. The molecule has 1 aromatic carbocycles. The number of ether oxygens (including phenoxy) is 1. The molecule has 1 aliphatic rings. The molecule has 26 heavy (non-hydrogen) atoms. The molecule has 1 saturated heterocycles. The van der Waals surface area contributed by atoms with Crippen molar-refractivity contribution in [1.82, 2.24) is 10.1 Å². The number of halogens is 1. The number of likely N-dealkylation sites (tertiary alicyclic amines) is 1. The molecule has 2 atom stereocenters. The molecule has 0 bridgehead atoms. The number of rotatable bonds is 5. The van der Waals surface area contributed by atoms with Gasteiger partial charge in [0.1, 0.15) is 18.4 Å². The van der Waals surface area contributed by atoms with Gasteiger partial charge in [-0.2, -0.15) is 0 Å². The van der Waals surface area contributed by atoms with Crippen LogP contribution < -0.4 is 0 Å². The Bertz CT molecular complexity index is 789. The Morgan fingerprint density at radius 2 is 2.12 bits per heavy atom. The number of benzene rings is 1. The highest BCUT2D eigenvalue weighted by Crippen LogP contribution is 2.21. The van der Waals surface area contributed by atoms with E-state index in [1.165, 1.54) is 4.90 Å². The monoisotopic (exact) mass is 378 g/mol. The van der Waals surface area contributed by atoms with Crippen molar-refractivity contribution < 1.29 is 24.0 Å². The fourth-order valence-electron chi connectivity index (χ4n) is 2.89. The van der Waals surface area contributed by atoms with Crippen molar-refractivity contribution in [3.63, 3.8) is 0 Å². The molecule has 0 spiro atoms. The van der Waals surface area contributed by atoms with Gasteiger partial charge in [-0.15, -0.1) is 0 Å². The SMILES string of the molecule is Cc1cc(CC(=O)N2C[C@@H](O)C[C@H]2C(=O)OCc2ccc(Cl)cc2)on1. The maximum absolute atomic E-state index is 12.5. The smallest absolute Gasteiger partial charge is 0.329 e. The van der Waals surface area contributed by atoms with E-state index in [2.05, 4.69) is 5.16 Å². The van der Waals surface area contributed by atoms with E-state index in [-0.39, 0.29) is 31.9 Å². The molecule has 1 amide bonds. The standard InChI is InChI=1S/C18H19ClN2O5/c1-11-6-15(26-20-11)8-17(23)21-9-14(22)7-16(21)18(24)25-10-12-2-4-13(19)5-3-12/h2-6,14,16,22H,7-10H2,1H3/t14-,16-/m0/s1. The summed E-state index contributed by atoms with van der Waals surface area (Å²) in [6.45, 7) is 1.92. The number of carbonyl (C=O) groups is 2. The number of aliphatic hydroxyl groups is 1. The molecule has 1 N–H and O–H groups in total. The molecular formula is C18H19ClN2O5. The largest absolute Gasteiger partial charge is 0.459 e. The molecule has 1 aromatic heterocycles. The van der Waals surface area contributed by atoms with Gasteiger partial charge in [-0.3, -0.25) is 4.79 Å². The number of nitrogens with zero attached hydrogens (tertiary/aromatic N) is 2. The molecule has 0 unspecified atom stereocenters. The van der Waals surface area contributed by atoms with Gasteiger partial charge in [-0.25, -0.2) is 4.79 Å². The van der Waals surface area contributed by atoms with Crippen LogP contribution in [0.3, 0.4) is 0 Å². The number of aromatic nitrogens is 1. The number of aliphatic hydroxyl groups excluding tert-OH is 1. The maximum Gasteiger partial charge on any atom is 0.329 e. The van der Waals surface area contributed by atoms with Crippen LogP contribution in [0.1, 0.15) is 23.4 Å². The molecule has 7 nitrogen and oxygen atoms in total. The Labute approximate surface area is 155 Å². The fraction of sp³-hybridized carbons (Fsp3) is 0.389. The number of hydrogen-bond acceptors (Lipinski definition) is 6. The van der Waals surface area contributed by atoms with Crippen LogP contribution in [0.25, 0.3) is 0 Å². The van der Waals surface area contributed by atoms with Gasteiger partial charge >= 0.3 is 5.97 Å². The summed E-state index contributed by atoms with van der Waals surface area (Å²) in [5.41, 5.74) is 1.46. The van der Waals surface area contributed by atoms with E-state index in [1.807, 2.05) is 0 Å². The summed E-state index contributed by atoms with van der Waals surface area (Å²) in [7, 11) is 0. The quantitative estimate of drug-likeness (QED) is 0.798. The Morgan fingerprint density at radius 3 is 2.77 bits per heavy atom. The van der Waals surface area contributed by atoms with Crippen LogP contribution in [0.4, 0.5) is 0 Å². The predicted molar refractivity (Wildman–Crippen MR) is 92.3 cm³/mol. The van der Waals surface area contributed by atoms with Gasteiger partial charge in [-0.1, -0.05) is 28.9 Å². The van der Waals surface area contributed by atoms with E-state index in [9.17, 15) is 14.7 Å². The van der Waals surface area contributed by atoms with E-state index in [0.29, 0.717) is 16.5 Å². The van der Waals surface area contributed by atoms with Gasteiger partial charge in [0, 0.05) is 24.1 Å². The van der Waals surface area contributed by atoms with Crippen LogP contribution >= 0.6 is 11.6 Å². The van der Waals surface area contributed by atoms with Crippen molar-refractivity contribution in [3.8, 4) is 0 Å². The summed E-state index contributed by atoms with van der Waals surface area (Å²) in [6, 6.07) is 7.79. The van der Waals surface area contributed by atoms with E-state index < -0.39 is 18.1 Å². The Morgan fingerprint density at radius 1 is 1.38 bits per heavy atom. The lowest BCUT2D eigenvalue weighted by Gasteiger charge is -2.22. The molecule has 3 rings (SSSR count). The molecule has 2 heterocycles. The number of esters is 1. The fourth-order valence-corrected chi connectivity index (χ4v) is 3.02. The van der Waals surface area contributed by atoms with Gasteiger partial charge < -0.3 is 19.3 Å². The predicted octanol–water partition coefficient (Wildman–Crippen LogP) is 1.88. The minimum absolute atomic E-state index is 0.0193. The summed E-state index contributed by atoms with van der Waals surface area (Å²) in [6.07, 6.45) is -0.627. The third-order valence-electron chi connectivity index (χ3n) is 4.17. The van der Waals surface area contributed by atoms with Gasteiger partial charge in [0.15, 0.2) is 0 Å². The number of amides is 1. The van der Waals surface area contributed by atoms with Crippen LogP contribution in [0.15, 0.2) is 34.9 Å². The second-order valence-electron chi connectivity index (χ2n) is 6.30. The van der Waals surface area contributed by atoms with Crippen molar-refractivity contribution in [2.45, 2.75) is 38.5 Å². The van der Waals surface area contributed by atoms with Crippen LogP contribution in [0.2, 0.25) is 5.02 Å². The molecule has 8 heteroatoms. The summed E-state index contributed by atoms with van der Waals surface area (Å²) < 4.78 is 10.4. The summed E-state index contributed by atoms with van der Waals surface area (Å²) >= 11 is 5.82. The minimum atomic E-state index is -0.811. The molecular weight excluding hydrogens is 360 g/mol. The van der Waals surface area contributed by atoms with Crippen LogP contribution in [0.5, 0.6) is 0 Å². The highest BCUT2D eigenvalue weighted by Gasteiger charge is 2.40.